The van der Waals surface area contributed by atoms with Gasteiger partial charge >= 0.3 is 0 Å². The molecular weight excluding hydrogens is 284 g/mol. The van der Waals surface area contributed by atoms with Gasteiger partial charge in [0.2, 0.25) is 11.7 Å². The topological polar surface area (TPSA) is 115 Å². The molecule has 22 heavy (non-hydrogen) atoms. The van der Waals surface area contributed by atoms with Crippen molar-refractivity contribution in [3.05, 3.63) is 23.3 Å². The lowest BCUT2D eigenvalue weighted by molar-refractivity contribution is -0.120. The molecule has 0 aliphatic rings. The molecule has 2 rings (SSSR count). The standard InChI is InChI=1S/C14H20N6O2/c1-5-7(2)10(11(15)21)17-13(22)12-18-14-16-8(3)6-9(4)20(14)19-12/h6-7,10H,5H2,1-4H3,(H2,15,21)(H,17,22). The first-order valence-corrected chi connectivity index (χ1v) is 7.14. The summed E-state index contributed by atoms with van der Waals surface area (Å²) >= 11 is 0. The Bertz CT molecular complexity index is 723. The van der Waals surface area contributed by atoms with Gasteiger partial charge in [-0.25, -0.2) is 9.50 Å². The largest absolute Gasteiger partial charge is 0.368 e. The molecule has 0 saturated carbocycles. The zero-order valence-electron chi connectivity index (χ0n) is 13.1. The lowest BCUT2D eigenvalue weighted by Crippen LogP contribution is -2.48. The number of aryl methyl sites for hydroxylation is 2. The maximum Gasteiger partial charge on any atom is 0.291 e. The number of nitrogens with two attached hydrogens (primary N) is 1. The number of fused-ring (bicyclic) bond motifs is 1. The van der Waals surface area contributed by atoms with E-state index in [4.69, 9.17) is 5.73 Å². The van der Waals surface area contributed by atoms with Crippen LogP contribution in [0.15, 0.2) is 6.07 Å². The molecule has 2 unspecified atom stereocenters. The van der Waals surface area contributed by atoms with Crippen molar-refractivity contribution in [3.8, 4) is 0 Å². The summed E-state index contributed by atoms with van der Waals surface area (Å²) in [6.07, 6.45) is 0.715. The Hall–Kier alpha value is -2.51. The van der Waals surface area contributed by atoms with E-state index in [9.17, 15) is 9.59 Å². The molecule has 3 N–H and O–H groups in total. The minimum Gasteiger partial charge on any atom is -0.368 e. The number of primary amides is 1. The Balaban J connectivity index is 2.29. The van der Waals surface area contributed by atoms with E-state index in [1.807, 2.05) is 33.8 Å². The van der Waals surface area contributed by atoms with Gasteiger partial charge in [-0.05, 0) is 25.8 Å². The van der Waals surface area contributed by atoms with E-state index in [0.717, 1.165) is 11.4 Å². The number of hydrogen-bond acceptors (Lipinski definition) is 5. The normalized spacial score (nSPS) is 13.8. The van der Waals surface area contributed by atoms with Crippen LogP contribution in [0.2, 0.25) is 0 Å². The van der Waals surface area contributed by atoms with E-state index >= 15 is 0 Å². The molecule has 2 amide bonds. The second kappa shape index (κ2) is 6.08. The van der Waals surface area contributed by atoms with Crippen molar-refractivity contribution in [1.29, 1.82) is 0 Å². The minimum absolute atomic E-state index is 0.0317. The molecule has 8 heteroatoms. The molecule has 0 aliphatic heterocycles. The number of nitrogens with one attached hydrogen (secondary N) is 1. The first-order valence-electron chi connectivity index (χ1n) is 7.14. The van der Waals surface area contributed by atoms with Crippen molar-refractivity contribution in [3.63, 3.8) is 0 Å². The van der Waals surface area contributed by atoms with Crippen LogP contribution in [-0.4, -0.2) is 37.4 Å². The highest BCUT2D eigenvalue weighted by molar-refractivity contribution is 5.94. The van der Waals surface area contributed by atoms with E-state index in [0.29, 0.717) is 12.2 Å². The summed E-state index contributed by atoms with van der Waals surface area (Å²) in [4.78, 5) is 32.1. The van der Waals surface area contributed by atoms with Crippen LogP contribution in [0.1, 0.15) is 42.3 Å². The molecule has 0 aromatic carbocycles. The van der Waals surface area contributed by atoms with Crippen molar-refractivity contribution in [2.45, 2.75) is 40.2 Å². The van der Waals surface area contributed by atoms with Crippen molar-refractivity contribution >= 4 is 17.6 Å². The van der Waals surface area contributed by atoms with Gasteiger partial charge < -0.3 is 11.1 Å². The number of carbonyl (C=O) groups is 2. The summed E-state index contributed by atoms with van der Waals surface area (Å²) in [5.41, 5.74) is 6.96. The van der Waals surface area contributed by atoms with Gasteiger partial charge in [0, 0.05) is 11.4 Å². The second-order valence-corrected chi connectivity index (χ2v) is 5.43. The molecule has 0 fully saturated rings. The van der Waals surface area contributed by atoms with Crippen LogP contribution in [-0.2, 0) is 4.79 Å². The first-order chi connectivity index (χ1) is 10.3. The molecule has 0 spiro atoms. The highest BCUT2D eigenvalue weighted by Gasteiger charge is 2.26. The van der Waals surface area contributed by atoms with Crippen molar-refractivity contribution in [2.75, 3.05) is 0 Å². The van der Waals surface area contributed by atoms with Crippen LogP contribution in [0, 0.1) is 19.8 Å². The third kappa shape index (κ3) is 3.05. The number of carbonyl (C=O) groups excluding carboxylic acids is 2. The lowest BCUT2D eigenvalue weighted by atomic mass is 9.98. The van der Waals surface area contributed by atoms with Gasteiger partial charge in [-0.3, -0.25) is 9.59 Å². The van der Waals surface area contributed by atoms with Crippen LogP contribution in [0.3, 0.4) is 0 Å². The maximum absolute atomic E-state index is 12.3. The highest BCUT2D eigenvalue weighted by Crippen LogP contribution is 2.09. The van der Waals surface area contributed by atoms with Crippen molar-refractivity contribution < 1.29 is 9.59 Å². The van der Waals surface area contributed by atoms with Gasteiger partial charge in [0.15, 0.2) is 0 Å². The first kappa shape index (κ1) is 15.9. The van der Waals surface area contributed by atoms with E-state index in [1.165, 1.54) is 4.52 Å². The predicted octanol–water partition coefficient (Wildman–Crippen LogP) is 0.371. The van der Waals surface area contributed by atoms with E-state index in [1.54, 1.807) is 0 Å². The Morgan fingerprint density at radius 3 is 2.64 bits per heavy atom. The Kier molecular flexibility index (Phi) is 4.39. The number of hydrogen-bond donors (Lipinski definition) is 2. The Morgan fingerprint density at radius 1 is 1.36 bits per heavy atom. The van der Waals surface area contributed by atoms with Crippen LogP contribution in [0.25, 0.3) is 5.78 Å². The summed E-state index contributed by atoms with van der Waals surface area (Å²) < 4.78 is 1.49. The fourth-order valence-electron chi connectivity index (χ4n) is 2.20. The molecule has 0 aliphatic carbocycles. The molecular formula is C14H20N6O2. The monoisotopic (exact) mass is 304 g/mol. The lowest BCUT2D eigenvalue weighted by Gasteiger charge is -2.20. The van der Waals surface area contributed by atoms with Crippen molar-refractivity contribution in [2.24, 2.45) is 11.7 Å². The summed E-state index contributed by atoms with van der Waals surface area (Å²) in [5.74, 6) is -0.860. The fourth-order valence-corrected chi connectivity index (χ4v) is 2.20. The number of nitrogens with zero attached hydrogens (tertiary/aromatic N) is 4. The molecule has 2 heterocycles. The van der Waals surface area contributed by atoms with Crippen molar-refractivity contribution in [1.82, 2.24) is 24.9 Å². The number of amides is 2. The van der Waals surface area contributed by atoms with Crippen LogP contribution in [0.5, 0.6) is 0 Å². The van der Waals surface area contributed by atoms with Crippen LogP contribution in [0.4, 0.5) is 0 Å². The van der Waals surface area contributed by atoms with Gasteiger partial charge in [0.1, 0.15) is 6.04 Å². The highest BCUT2D eigenvalue weighted by atomic mass is 16.2. The summed E-state index contributed by atoms with van der Waals surface area (Å²) in [7, 11) is 0. The Morgan fingerprint density at radius 2 is 2.05 bits per heavy atom. The SMILES string of the molecule is CCC(C)C(NC(=O)c1nc2nc(C)cc(C)n2n1)C(N)=O. The van der Waals surface area contributed by atoms with Gasteiger partial charge in [0.05, 0.1) is 0 Å². The van der Waals surface area contributed by atoms with E-state index in [-0.39, 0.29) is 11.7 Å². The number of rotatable bonds is 5. The molecule has 118 valence electrons. The molecule has 0 saturated heterocycles. The third-order valence-corrected chi connectivity index (χ3v) is 3.63. The smallest absolute Gasteiger partial charge is 0.291 e. The molecule has 2 aromatic rings. The maximum atomic E-state index is 12.3. The molecule has 2 atom stereocenters. The zero-order chi connectivity index (χ0) is 16.4. The average Bonchev–Trinajstić information content (AvgIpc) is 2.87. The van der Waals surface area contributed by atoms with Gasteiger partial charge in [-0.1, -0.05) is 20.3 Å². The fraction of sp³-hybridized carbons (Fsp3) is 0.500. The quantitative estimate of drug-likeness (QED) is 0.828. The summed E-state index contributed by atoms with van der Waals surface area (Å²) in [6.45, 7) is 7.46. The zero-order valence-corrected chi connectivity index (χ0v) is 13.1. The summed E-state index contributed by atoms with van der Waals surface area (Å²) in [6, 6.07) is 1.09. The molecule has 0 bridgehead atoms. The second-order valence-electron chi connectivity index (χ2n) is 5.43. The third-order valence-electron chi connectivity index (χ3n) is 3.63. The van der Waals surface area contributed by atoms with Gasteiger partial charge in [-0.15, -0.1) is 5.10 Å². The summed E-state index contributed by atoms with van der Waals surface area (Å²) in [5, 5.41) is 6.73. The van der Waals surface area contributed by atoms with Crippen LogP contribution < -0.4 is 11.1 Å². The number of aromatic nitrogens is 4. The average molecular weight is 304 g/mol. The molecule has 2 aromatic heterocycles. The Labute approximate surface area is 128 Å². The van der Waals surface area contributed by atoms with Crippen LogP contribution >= 0.6 is 0 Å². The molecule has 8 nitrogen and oxygen atoms in total. The molecule has 0 radical (unpaired) electrons. The van der Waals surface area contributed by atoms with Gasteiger partial charge in [-0.2, -0.15) is 4.98 Å². The predicted molar refractivity (Wildman–Crippen MR) is 80.2 cm³/mol. The van der Waals surface area contributed by atoms with Gasteiger partial charge in [0.25, 0.3) is 11.7 Å². The van der Waals surface area contributed by atoms with E-state index in [2.05, 4.69) is 20.4 Å². The van der Waals surface area contributed by atoms with E-state index < -0.39 is 17.9 Å². The minimum atomic E-state index is -0.750.